The standard InChI is InChI=1S/C16H18N4O4/c1-11(17-21)12(2)18-24-10-13-6-4-5-7-14(13)16(20-22-3)15-8-9-23-19-15/h4-9,21H,10H2,1-3H3. The molecular formula is C16H18N4O4. The van der Waals surface area contributed by atoms with Crippen LogP contribution >= 0.6 is 0 Å². The van der Waals surface area contributed by atoms with E-state index in [2.05, 4.69) is 20.6 Å². The second-order valence-electron chi connectivity index (χ2n) is 4.80. The maximum atomic E-state index is 8.71. The molecule has 0 aliphatic carbocycles. The highest BCUT2D eigenvalue weighted by atomic mass is 16.6. The number of oxime groups is 3. The molecule has 0 aliphatic heterocycles. The summed E-state index contributed by atoms with van der Waals surface area (Å²) in [5.41, 5.74) is 3.57. The van der Waals surface area contributed by atoms with Gasteiger partial charge < -0.3 is 19.4 Å². The lowest BCUT2D eigenvalue weighted by molar-refractivity contribution is 0.130. The van der Waals surface area contributed by atoms with Crippen molar-refractivity contribution in [2.75, 3.05) is 7.11 Å². The SMILES string of the molecule is CON=C(c1ccon1)c1ccccc1CON=C(C)C(C)=NO. The Labute approximate surface area is 139 Å². The molecule has 0 saturated heterocycles. The molecule has 0 radical (unpaired) electrons. The lowest BCUT2D eigenvalue weighted by Gasteiger charge is -2.09. The second kappa shape index (κ2) is 8.47. The molecule has 0 amide bonds. The normalized spacial score (nSPS) is 13.0. The molecule has 1 heterocycles. The summed E-state index contributed by atoms with van der Waals surface area (Å²) >= 11 is 0. The van der Waals surface area contributed by atoms with Crippen molar-refractivity contribution in [1.82, 2.24) is 5.16 Å². The third-order valence-electron chi connectivity index (χ3n) is 3.23. The van der Waals surface area contributed by atoms with Crippen LogP contribution in [0.25, 0.3) is 0 Å². The Balaban J connectivity index is 2.25. The van der Waals surface area contributed by atoms with Crippen molar-refractivity contribution in [2.24, 2.45) is 15.5 Å². The van der Waals surface area contributed by atoms with Gasteiger partial charge in [-0.3, -0.25) is 0 Å². The highest BCUT2D eigenvalue weighted by Crippen LogP contribution is 2.16. The minimum absolute atomic E-state index is 0.201. The summed E-state index contributed by atoms with van der Waals surface area (Å²) in [5, 5.41) is 23.6. The van der Waals surface area contributed by atoms with Crippen LogP contribution in [0.3, 0.4) is 0 Å². The molecule has 0 fully saturated rings. The Hall–Kier alpha value is -3.16. The van der Waals surface area contributed by atoms with E-state index in [1.165, 1.54) is 13.4 Å². The van der Waals surface area contributed by atoms with Crippen molar-refractivity contribution < 1.29 is 19.4 Å². The third kappa shape index (κ3) is 4.19. The number of hydrogen-bond acceptors (Lipinski definition) is 8. The molecule has 0 aliphatic rings. The molecule has 0 spiro atoms. The Morgan fingerprint density at radius 3 is 2.62 bits per heavy atom. The van der Waals surface area contributed by atoms with Gasteiger partial charge in [0.15, 0.2) is 0 Å². The van der Waals surface area contributed by atoms with Crippen molar-refractivity contribution in [3.8, 4) is 0 Å². The van der Waals surface area contributed by atoms with Crippen molar-refractivity contribution in [2.45, 2.75) is 20.5 Å². The van der Waals surface area contributed by atoms with Crippen molar-refractivity contribution >= 4 is 17.1 Å². The molecule has 1 aromatic carbocycles. The fourth-order valence-electron chi connectivity index (χ4n) is 1.87. The first kappa shape index (κ1) is 17.2. The summed E-state index contributed by atoms with van der Waals surface area (Å²) in [6.45, 7) is 3.52. The van der Waals surface area contributed by atoms with Gasteiger partial charge in [-0.2, -0.15) is 0 Å². The molecule has 0 saturated carbocycles. The molecular weight excluding hydrogens is 312 g/mol. The number of aromatic nitrogens is 1. The molecule has 1 aromatic heterocycles. The van der Waals surface area contributed by atoms with Crippen LogP contribution in [0.5, 0.6) is 0 Å². The maximum absolute atomic E-state index is 8.71. The quantitative estimate of drug-likeness (QED) is 0.478. The maximum Gasteiger partial charge on any atom is 0.143 e. The van der Waals surface area contributed by atoms with Crippen molar-refractivity contribution in [3.63, 3.8) is 0 Å². The van der Waals surface area contributed by atoms with E-state index in [4.69, 9.17) is 19.4 Å². The molecule has 8 nitrogen and oxygen atoms in total. The van der Waals surface area contributed by atoms with E-state index in [0.717, 1.165) is 11.1 Å². The van der Waals surface area contributed by atoms with Gasteiger partial charge in [0.05, 0.1) is 0 Å². The minimum atomic E-state index is 0.201. The van der Waals surface area contributed by atoms with Crippen LogP contribution in [0.4, 0.5) is 0 Å². The van der Waals surface area contributed by atoms with Crippen LogP contribution in [0.2, 0.25) is 0 Å². The summed E-state index contributed by atoms with van der Waals surface area (Å²) in [4.78, 5) is 10.3. The smallest absolute Gasteiger partial charge is 0.143 e. The zero-order valence-electron chi connectivity index (χ0n) is 13.6. The van der Waals surface area contributed by atoms with Gasteiger partial charge in [0.2, 0.25) is 0 Å². The predicted molar refractivity (Wildman–Crippen MR) is 88.4 cm³/mol. The number of nitrogens with zero attached hydrogens (tertiary/aromatic N) is 4. The average molecular weight is 330 g/mol. The summed E-state index contributed by atoms with van der Waals surface area (Å²) in [7, 11) is 1.46. The summed E-state index contributed by atoms with van der Waals surface area (Å²) in [6, 6.07) is 9.22. The average Bonchev–Trinajstić information content (AvgIpc) is 3.13. The summed E-state index contributed by atoms with van der Waals surface area (Å²) < 4.78 is 4.88. The van der Waals surface area contributed by atoms with E-state index in [9.17, 15) is 0 Å². The van der Waals surface area contributed by atoms with Crippen LogP contribution in [0, 0.1) is 0 Å². The van der Waals surface area contributed by atoms with Gasteiger partial charge in [0.25, 0.3) is 0 Å². The first-order chi connectivity index (χ1) is 11.7. The molecule has 2 rings (SSSR count). The number of rotatable bonds is 7. The Bertz CT molecular complexity index is 751. The van der Waals surface area contributed by atoms with E-state index < -0.39 is 0 Å². The molecule has 126 valence electrons. The second-order valence-corrected chi connectivity index (χ2v) is 4.80. The van der Waals surface area contributed by atoms with Gasteiger partial charge in [-0.15, -0.1) is 0 Å². The van der Waals surface area contributed by atoms with Gasteiger partial charge >= 0.3 is 0 Å². The lowest BCUT2D eigenvalue weighted by Crippen LogP contribution is -2.09. The van der Waals surface area contributed by atoms with E-state index >= 15 is 0 Å². The summed E-state index contributed by atoms with van der Waals surface area (Å²) in [5.74, 6) is 0. The first-order valence-corrected chi connectivity index (χ1v) is 7.13. The highest BCUT2D eigenvalue weighted by molar-refractivity contribution is 6.40. The predicted octanol–water partition coefficient (Wildman–Crippen LogP) is 2.82. The van der Waals surface area contributed by atoms with Gasteiger partial charge in [-0.25, -0.2) is 0 Å². The largest absolute Gasteiger partial charge is 0.411 e. The van der Waals surface area contributed by atoms with E-state index in [1.54, 1.807) is 19.9 Å². The summed E-state index contributed by atoms with van der Waals surface area (Å²) in [6.07, 6.45) is 1.46. The number of hydrogen-bond donors (Lipinski definition) is 1. The molecule has 0 bridgehead atoms. The third-order valence-corrected chi connectivity index (χ3v) is 3.23. The molecule has 0 unspecified atom stereocenters. The Kier molecular flexibility index (Phi) is 6.07. The molecule has 1 N–H and O–H groups in total. The zero-order valence-corrected chi connectivity index (χ0v) is 13.6. The van der Waals surface area contributed by atoms with Crippen LogP contribution in [0.15, 0.2) is 56.6 Å². The van der Waals surface area contributed by atoms with Gasteiger partial charge in [-0.05, 0) is 13.8 Å². The van der Waals surface area contributed by atoms with E-state index in [-0.39, 0.29) is 6.61 Å². The van der Waals surface area contributed by atoms with E-state index in [1.807, 2.05) is 24.3 Å². The minimum Gasteiger partial charge on any atom is -0.411 e. The zero-order chi connectivity index (χ0) is 17.4. The van der Waals surface area contributed by atoms with Crippen LogP contribution < -0.4 is 0 Å². The van der Waals surface area contributed by atoms with Gasteiger partial charge in [0, 0.05) is 17.2 Å². The molecule has 0 atom stereocenters. The van der Waals surface area contributed by atoms with Gasteiger partial charge in [0.1, 0.15) is 42.8 Å². The molecule has 2 aromatic rings. The topological polar surface area (TPSA) is 102 Å². The fraction of sp³-hybridized carbons (Fsp3) is 0.250. The van der Waals surface area contributed by atoms with E-state index in [0.29, 0.717) is 22.8 Å². The van der Waals surface area contributed by atoms with Crippen LogP contribution in [-0.2, 0) is 16.3 Å². The molecule has 24 heavy (non-hydrogen) atoms. The highest BCUT2D eigenvalue weighted by Gasteiger charge is 2.15. The monoisotopic (exact) mass is 330 g/mol. The van der Waals surface area contributed by atoms with Crippen LogP contribution in [0.1, 0.15) is 30.7 Å². The first-order valence-electron chi connectivity index (χ1n) is 7.13. The lowest BCUT2D eigenvalue weighted by atomic mass is 10.0. The fourth-order valence-corrected chi connectivity index (χ4v) is 1.87. The van der Waals surface area contributed by atoms with Gasteiger partial charge in [-0.1, -0.05) is 44.9 Å². The number of benzene rings is 1. The van der Waals surface area contributed by atoms with Crippen molar-refractivity contribution in [1.29, 1.82) is 0 Å². The van der Waals surface area contributed by atoms with Crippen molar-refractivity contribution in [3.05, 3.63) is 53.4 Å². The van der Waals surface area contributed by atoms with Crippen LogP contribution in [-0.4, -0.2) is 34.6 Å². The Morgan fingerprint density at radius 1 is 1.17 bits per heavy atom. The molecule has 8 heteroatoms. The Morgan fingerprint density at radius 2 is 1.96 bits per heavy atom.